The monoisotopic (exact) mass is 463 g/mol. The zero-order valence-electron chi connectivity index (χ0n) is 16.3. The zero-order valence-corrected chi connectivity index (χ0v) is 17.9. The molecule has 4 rings (SSSR count). The van der Waals surface area contributed by atoms with E-state index in [-0.39, 0.29) is 16.3 Å². The van der Waals surface area contributed by atoms with E-state index in [1.54, 1.807) is 24.4 Å². The molecule has 160 valence electrons. The maximum atomic E-state index is 14.9. The summed E-state index contributed by atoms with van der Waals surface area (Å²) in [5.41, 5.74) is 1.87. The number of aromatic nitrogens is 1. The van der Waals surface area contributed by atoms with E-state index < -0.39 is 33.2 Å². The summed E-state index contributed by atoms with van der Waals surface area (Å²) >= 11 is 5.80. The topological polar surface area (TPSA) is 49.9 Å². The van der Waals surface area contributed by atoms with Gasteiger partial charge in [-0.15, -0.1) is 0 Å². The van der Waals surface area contributed by atoms with Crippen molar-refractivity contribution in [3.05, 3.63) is 106 Å². The molecule has 0 bridgehead atoms. The highest BCUT2D eigenvalue weighted by Crippen LogP contribution is 2.40. The van der Waals surface area contributed by atoms with Crippen LogP contribution >= 0.6 is 11.6 Å². The van der Waals surface area contributed by atoms with Crippen LogP contribution in [-0.2, 0) is 15.6 Å². The van der Waals surface area contributed by atoms with E-state index in [2.05, 4.69) is 4.98 Å². The lowest BCUT2D eigenvalue weighted by Crippen LogP contribution is -2.08. The van der Waals surface area contributed by atoms with Gasteiger partial charge in [-0.1, -0.05) is 41.9 Å². The molecule has 0 saturated heterocycles. The van der Waals surface area contributed by atoms with E-state index in [9.17, 15) is 21.6 Å². The summed E-state index contributed by atoms with van der Waals surface area (Å²) < 4.78 is 67.0. The highest BCUT2D eigenvalue weighted by atomic mass is 35.5. The number of sulfone groups is 1. The summed E-state index contributed by atoms with van der Waals surface area (Å²) in [4.78, 5) is 3.05. The van der Waals surface area contributed by atoms with Gasteiger partial charge in [-0.2, -0.15) is 0 Å². The number of hydrogen-bond acceptors (Lipinski definition) is 2. The van der Waals surface area contributed by atoms with Crippen molar-refractivity contribution in [3.63, 3.8) is 0 Å². The van der Waals surface area contributed by atoms with Crippen molar-refractivity contribution in [2.45, 2.75) is 11.7 Å². The third kappa shape index (κ3) is 4.34. The molecule has 0 aliphatic rings. The van der Waals surface area contributed by atoms with Gasteiger partial charge in [-0.3, -0.25) is 0 Å². The van der Waals surface area contributed by atoms with Gasteiger partial charge < -0.3 is 4.98 Å². The third-order valence-corrected chi connectivity index (χ3v) is 6.15. The van der Waals surface area contributed by atoms with Gasteiger partial charge in [0.05, 0.1) is 5.75 Å². The summed E-state index contributed by atoms with van der Waals surface area (Å²) in [7, 11) is -3.30. The number of halogens is 4. The van der Waals surface area contributed by atoms with Crippen molar-refractivity contribution >= 4 is 32.3 Å². The van der Waals surface area contributed by atoms with Crippen LogP contribution in [0.3, 0.4) is 0 Å². The predicted octanol–water partition coefficient (Wildman–Crippen LogP) is 5.96. The lowest BCUT2D eigenvalue weighted by molar-refractivity contribution is 0.552. The van der Waals surface area contributed by atoms with Crippen molar-refractivity contribution in [2.75, 3.05) is 6.26 Å². The minimum Gasteiger partial charge on any atom is -0.361 e. The molecule has 3 aromatic carbocycles. The molecule has 8 heteroatoms. The van der Waals surface area contributed by atoms with E-state index in [0.29, 0.717) is 27.6 Å². The van der Waals surface area contributed by atoms with Crippen LogP contribution in [0.5, 0.6) is 0 Å². The molecule has 0 aliphatic carbocycles. The Morgan fingerprint density at radius 3 is 2.26 bits per heavy atom. The molecule has 0 fully saturated rings. The molecule has 1 N–H and O–H groups in total. The molecule has 0 amide bonds. The normalized spacial score (nSPS) is 12.9. The number of para-hydroxylation sites is 1. The number of nitrogens with one attached hydrogen (secondary N) is 1. The Labute approximate surface area is 182 Å². The number of hydrogen-bond donors (Lipinski definition) is 1. The average Bonchev–Trinajstić information content (AvgIpc) is 3.09. The Morgan fingerprint density at radius 2 is 1.65 bits per heavy atom. The van der Waals surface area contributed by atoms with Crippen molar-refractivity contribution in [2.24, 2.45) is 0 Å². The number of rotatable bonds is 5. The van der Waals surface area contributed by atoms with Gasteiger partial charge in [0.1, 0.15) is 17.5 Å². The van der Waals surface area contributed by atoms with Crippen molar-refractivity contribution < 1.29 is 21.6 Å². The molecule has 1 heterocycles. The van der Waals surface area contributed by atoms with Gasteiger partial charge in [0.2, 0.25) is 0 Å². The largest absolute Gasteiger partial charge is 0.361 e. The molecule has 1 unspecified atom stereocenters. The fourth-order valence-electron chi connectivity index (χ4n) is 3.87. The fourth-order valence-corrected chi connectivity index (χ4v) is 4.86. The Morgan fingerprint density at radius 1 is 1.00 bits per heavy atom. The minimum atomic E-state index is -3.30. The first kappa shape index (κ1) is 21.5. The summed E-state index contributed by atoms with van der Waals surface area (Å²) in [6, 6.07) is 12.5. The maximum Gasteiger partial charge on any atom is 0.151 e. The first-order chi connectivity index (χ1) is 14.6. The van der Waals surface area contributed by atoms with Gasteiger partial charge in [0.25, 0.3) is 0 Å². The fraction of sp³-hybridized carbons (Fsp3) is 0.130. The number of H-pyrrole nitrogens is 1. The number of aromatic amines is 1. The maximum absolute atomic E-state index is 14.9. The minimum absolute atomic E-state index is 0.0778. The molecule has 31 heavy (non-hydrogen) atoms. The van der Waals surface area contributed by atoms with Gasteiger partial charge in [-0.25, -0.2) is 21.6 Å². The van der Waals surface area contributed by atoms with E-state index >= 15 is 0 Å². The van der Waals surface area contributed by atoms with E-state index in [1.807, 2.05) is 0 Å². The Balaban J connectivity index is 1.98. The zero-order chi connectivity index (χ0) is 22.3. The van der Waals surface area contributed by atoms with Crippen LogP contribution in [0.25, 0.3) is 10.9 Å². The summed E-state index contributed by atoms with van der Waals surface area (Å²) in [5, 5.41) is 0.537. The van der Waals surface area contributed by atoms with Gasteiger partial charge in [0, 0.05) is 39.9 Å². The van der Waals surface area contributed by atoms with Crippen molar-refractivity contribution in [3.8, 4) is 0 Å². The van der Waals surface area contributed by atoms with Crippen LogP contribution in [0.15, 0.2) is 60.8 Å². The second-order valence-corrected chi connectivity index (χ2v) is 10.00. The first-order valence-corrected chi connectivity index (χ1v) is 11.7. The summed E-state index contributed by atoms with van der Waals surface area (Å²) in [5.74, 6) is -3.24. The van der Waals surface area contributed by atoms with Gasteiger partial charge in [-0.05, 0) is 41.0 Å². The second-order valence-electron chi connectivity index (χ2n) is 7.42. The van der Waals surface area contributed by atoms with Gasteiger partial charge >= 0.3 is 0 Å². The Hall–Kier alpha value is -2.77. The molecule has 3 nitrogen and oxygen atoms in total. The van der Waals surface area contributed by atoms with E-state index in [0.717, 1.165) is 18.4 Å². The lowest BCUT2D eigenvalue weighted by atomic mass is 9.84. The molecule has 0 saturated carbocycles. The van der Waals surface area contributed by atoms with Crippen LogP contribution in [0.2, 0.25) is 5.02 Å². The number of fused-ring (bicyclic) bond motifs is 1. The molecule has 1 aromatic heterocycles. The summed E-state index contributed by atoms with van der Waals surface area (Å²) in [6.07, 6.45) is 2.73. The SMILES string of the molecule is CS(=O)(=O)Cc1cccc2c(C(c3ccc(F)cc3)c3c(F)cc(Cl)cc3F)c[nH]c12. The van der Waals surface area contributed by atoms with Gasteiger partial charge in [0.15, 0.2) is 9.84 Å². The van der Waals surface area contributed by atoms with Crippen LogP contribution in [0, 0.1) is 17.5 Å². The van der Waals surface area contributed by atoms with Crippen LogP contribution in [-0.4, -0.2) is 19.7 Å². The van der Waals surface area contributed by atoms with Crippen LogP contribution in [0.4, 0.5) is 13.2 Å². The lowest BCUT2D eigenvalue weighted by Gasteiger charge is -2.20. The molecular weight excluding hydrogens is 447 g/mol. The van der Waals surface area contributed by atoms with E-state index in [4.69, 9.17) is 11.6 Å². The molecule has 0 aliphatic heterocycles. The average molecular weight is 464 g/mol. The van der Waals surface area contributed by atoms with Crippen LogP contribution < -0.4 is 0 Å². The predicted molar refractivity (Wildman–Crippen MR) is 116 cm³/mol. The first-order valence-electron chi connectivity index (χ1n) is 9.30. The highest BCUT2D eigenvalue weighted by molar-refractivity contribution is 7.89. The number of benzene rings is 3. The standard InChI is InChI=1S/C23H17ClF3NO2S/c1-31(29,30)12-14-3-2-4-17-18(11-28-23(14)17)21(13-5-7-16(25)8-6-13)22-19(26)9-15(24)10-20(22)27/h2-11,21,28H,12H2,1H3. The quantitative estimate of drug-likeness (QED) is 0.397. The Kier molecular flexibility index (Phi) is 5.58. The van der Waals surface area contributed by atoms with Crippen LogP contribution in [0.1, 0.15) is 28.2 Å². The molecule has 4 aromatic rings. The van der Waals surface area contributed by atoms with Crippen molar-refractivity contribution in [1.29, 1.82) is 0 Å². The van der Waals surface area contributed by atoms with Crippen molar-refractivity contribution in [1.82, 2.24) is 4.98 Å². The third-order valence-electron chi connectivity index (χ3n) is 5.10. The molecule has 0 radical (unpaired) electrons. The molecular formula is C23H17ClF3NO2S. The second kappa shape index (κ2) is 8.05. The van der Waals surface area contributed by atoms with E-state index in [1.165, 1.54) is 24.3 Å². The molecule has 1 atom stereocenters. The smallest absolute Gasteiger partial charge is 0.151 e. The highest BCUT2D eigenvalue weighted by Gasteiger charge is 2.27. The molecule has 0 spiro atoms. The Bertz CT molecular complexity index is 1360. The summed E-state index contributed by atoms with van der Waals surface area (Å²) in [6.45, 7) is 0.